The molecule has 1 fully saturated rings. The van der Waals surface area contributed by atoms with Crippen LogP contribution >= 0.6 is 11.6 Å². The highest BCUT2D eigenvalue weighted by Gasteiger charge is 2.28. The lowest BCUT2D eigenvalue weighted by Gasteiger charge is -2.34. The molecule has 1 aliphatic heterocycles. The number of rotatable bonds is 4. The van der Waals surface area contributed by atoms with Crippen LogP contribution in [0.5, 0.6) is 5.75 Å². The fourth-order valence-electron chi connectivity index (χ4n) is 3.08. The van der Waals surface area contributed by atoms with Crippen molar-refractivity contribution in [3.63, 3.8) is 0 Å². The first-order valence-corrected chi connectivity index (χ1v) is 8.82. The van der Waals surface area contributed by atoms with Crippen molar-refractivity contribution in [1.82, 2.24) is 9.80 Å². The quantitative estimate of drug-likeness (QED) is 0.828. The van der Waals surface area contributed by atoms with Gasteiger partial charge >= 0.3 is 0 Å². The SMILES string of the molecule is COc1cccc(CN2CCN(C(=O)c3ccc(Cl)cc3C)CC2=O)c1. The molecular formula is C20H21ClN2O3. The van der Waals surface area contributed by atoms with E-state index in [1.165, 1.54) is 0 Å². The Bertz CT molecular complexity index is 838. The highest BCUT2D eigenvalue weighted by atomic mass is 35.5. The maximum atomic E-state index is 12.7. The molecule has 1 heterocycles. The minimum atomic E-state index is -0.131. The average molecular weight is 373 g/mol. The lowest BCUT2D eigenvalue weighted by Crippen LogP contribution is -2.51. The number of carbonyl (C=O) groups excluding carboxylic acids is 2. The predicted molar refractivity (Wildman–Crippen MR) is 101 cm³/mol. The third kappa shape index (κ3) is 3.99. The lowest BCUT2D eigenvalue weighted by molar-refractivity contribution is -0.135. The molecule has 0 bridgehead atoms. The van der Waals surface area contributed by atoms with Crippen molar-refractivity contribution in [3.05, 3.63) is 64.2 Å². The molecule has 5 nitrogen and oxygen atoms in total. The Balaban J connectivity index is 1.66. The van der Waals surface area contributed by atoms with Gasteiger partial charge in [0.05, 0.1) is 7.11 Å². The molecule has 26 heavy (non-hydrogen) atoms. The van der Waals surface area contributed by atoms with E-state index in [2.05, 4.69) is 0 Å². The number of benzene rings is 2. The van der Waals surface area contributed by atoms with Gasteiger partial charge in [0.25, 0.3) is 5.91 Å². The highest BCUT2D eigenvalue weighted by Crippen LogP contribution is 2.19. The van der Waals surface area contributed by atoms with E-state index in [4.69, 9.17) is 16.3 Å². The van der Waals surface area contributed by atoms with Crippen LogP contribution in [0.1, 0.15) is 21.5 Å². The zero-order valence-corrected chi connectivity index (χ0v) is 15.6. The largest absolute Gasteiger partial charge is 0.497 e. The van der Waals surface area contributed by atoms with E-state index in [0.29, 0.717) is 30.2 Å². The first-order valence-electron chi connectivity index (χ1n) is 8.44. The van der Waals surface area contributed by atoms with Crippen LogP contribution in [0.15, 0.2) is 42.5 Å². The van der Waals surface area contributed by atoms with Gasteiger partial charge < -0.3 is 14.5 Å². The van der Waals surface area contributed by atoms with Crippen molar-refractivity contribution in [3.8, 4) is 5.75 Å². The number of carbonyl (C=O) groups is 2. The Morgan fingerprint density at radius 2 is 2.00 bits per heavy atom. The van der Waals surface area contributed by atoms with Crippen LogP contribution in [-0.4, -0.2) is 48.4 Å². The highest BCUT2D eigenvalue weighted by molar-refractivity contribution is 6.30. The fraction of sp³-hybridized carbons (Fsp3) is 0.300. The van der Waals surface area contributed by atoms with Crippen molar-refractivity contribution in [1.29, 1.82) is 0 Å². The average Bonchev–Trinajstić information content (AvgIpc) is 2.63. The topological polar surface area (TPSA) is 49.9 Å². The van der Waals surface area contributed by atoms with E-state index in [1.807, 2.05) is 31.2 Å². The molecule has 0 radical (unpaired) electrons. The first kappa shape index (κ1) is 18.3. The van der Waals surface area contributed by atoms with Gasteiger partial charge in [-0.3, -0.25) is 9.59 Å². The minimum absolute atomic E-state index is 0.0564. The maximum absolute atomic E-state index is 12.7. The summed E-state index contributed by atoms with van der Waals surface area (Å²) in [4.78, 5) is 28.6. The molecule has 0 aromatic heterocycles. The summed E-state index contributed by atoms with van der Waals surface area (Å²) in [6.07, 6.45) is 0. The van der Waals surface area contributed by atoms with E-state index < -0.39 is 0 Å². The van der Waals surface area contributed by atoms with Gasteiger partial charge in [-0.2, -0.15) is 0 Å². The molecule has 2 amide bonds. The molecule has 0 unspecified atom stereocenters. The number of methoxy groups -OCH3 is 1. The van der Waals surface area contributed by atoms with Crippen molar-refractivity contribution < 1.29 is 14.3 Å². The summed E-state index contributed by atoms with van der Waals surface area (Å²) in [6, 6.07) is 12.8. The summed E-state index contributed by atoms with van der Waals surface area (Å²) in [5.41, 5.74) is 2.41. The van der Waals surface area contributed by atoms with Crippen LogP contribution in [0, 0.1) is 6.92 Å². The summed E-state index contributed by atoms with van der Waals surface area (Å²) in [5, 5.41) is 0.596. The smallest absolute Gasteiger partial charge is 0.254 e. The number of amides is 2. The molecule has 1 aliphatic rings. The van der Waals surface area contributed by atoms with Crippen molar-refractivity contribution in [2.75, 3.05) is 26.7 Å². The number of aryl methyl sites for hydroxylation is 1. The summed E-state index contributed by atoms with van der Waals surface area (Å²) in [7, 11) is 1.62. The Kier molecular flexibility index (Phi) is 5.47. The summed E-state index contributed by atoms with van der Waals surface area (Å²) < 4.78 is 5.22. The normalized spacial score (nSPS) is 14.5. The zero-order valence-electron chi connectivity index (χ0n) is 14.9. The zero-order chi connectivity index (χ0) is 18.7. The first-order chi connectivity index (χ1) is 12.5. The molecule has 2 aromatic carbocycles. The monoisotopic (exact) mass is 372 g/mol. The molecule has 0 atom stereocenters. The molecular weight excluding hydrogens is 352 g/mol. The summed E-state index contributed by atoms with van der Waals surface area (Å²) in [6.45, 7) is 3.47. The summed E-state index contributed by atoms with van der Waals surface area (Å²) >= 11 is 5.95. The fourth-order valence-corrected chi connectivity index (χ4v) is 3.30. The molecule has 136 valence electrons. The van der Waals surface area contributed by atoms with Crippen LogP contribution in [-0.2, 0) is 11.3 Å². The molecule has 0 aliphatic carbocycles. The third-order valence-corrected chi connectivity index (χ3v) is 4.77. The molecule has 0 spiro atoms. The Hall–Kier alpha value is -2.53. The second-order valence-corrected chi connectivity index (χ2v) is 6.79. The van der Waals surface area contributed by atoms with Crippen molar-refractivity contribution >= 4 is 23.4 Å². The Morgan fingerprint density at radius 1 is 1.19 bits per heavy atom. The second kappa shape index (κ2) is 7.79. The van der Waals surface area contributed by atoms with Gasteiger partial charge in [-0.15, -0.1) is 0 Å². The standard InChI is InChI=1S/C20H21ClN2O3/c1-14-10-16(21)6-7-18(14)20(25)23-9-8-22(19(24)13-23)12-15-4-3-5-17(11-15)26-2/h3-7,10-11H,8-9,12-13H2,1-2H3. The van der Waals surface area contributed by atoms with Gasteiger partial charge in [-0.05, 0) is 48.4 Å². The van der Waals surface area contributed by atoms with Gasteiger partial charge in [0.2, 0.25) is 5.91 Å². The predicted octanol–water partition coefficient (Wildman–Crippen LogP) is 3.14. The van der Waals surface area contributed by atoms with Crippen LogP contribution in [0.25, 0.3) is 0 Å². The number of halogens is 1. The number of hydrogen-bond acceptors (Lipinski definition) is 3. The molecule has 1 saturated heterocycles. The van der Waals surface area contributed by atoms with Crippen molar-refractivity contribution in [2.45, 2.75) is 13.5 Å². The molecule has 0 saturated carbocycles. The third-order valence-electron chi connectivity index (χ3n) is 4.53. The number of piperazine rings is 1. The van der Waals surface area contributed by atoms with Gasteiger partial charge in [0.1, 0.15) is 12.3 Å². The van der Waals surface area contributed by atoms with E-state index in [1.54, 1.807) is 35.1 Å². The van der Waals surface area contributed by atoms with E-state index in [0.717, 1.165) is 16.9 Å². The van der Waals surface area contributed by atoms with Crippen LogP contribution in [0.3, 0.4) is 0 Å². The van der Waals surface area contributed by atoms with Crippen LogP contribution in [0.4, 0.5) is 0 Å². The molecule has 6 heteroatoms. The van der Waals surface area contributed by atoms with Gasteiger partial charge in [0, 0.05) is 30.2 Å². The van der Waals surface area contributed by atoms with Crippen molar-refractivity contribution in [2.24, 2.45) is 0 Å². The Labute approximate surface area is 158 Å². The van der Waals surface area contributed by atoms with E-state index in [-0.39, 0.29) is 18.4 Å². The number of hydrogen-bond donors (Lipinski definition) is 0. The Morgan fingerprint density at radius 3 is 2.69 bits per heavy atom. The second-order valence-electron chi connectivity index (χ2n) is 6.35. The molecule has 3 rings (SSSR count). The van der Waals surface area contributed by atoms with Gasteiger partial charge in [-0.1, -0.05) is 23.7 Å². The molecule has 0 N–H and O–H groups in total. The summed E-state index contributed by atoms with van der Waals surface area (Å²) in [5.74, 6) is 0.578. The van der Waals surface area contributed by atoms with Crippen LogP contribution < -0.4 is 4.74 Å². The number of ether oxygens (including phenoxy) is 1. The van der Waals surface area contributed by atoms with E-state index >= 15 is 0 Å². The maximum Gasteiger partial charge on any atom is 0.254 e. The number of nitrogens with zero attached hydrogens (tertiary/aromatic N) is 2. The minimum Gasteiger partial charge on any atom is -0.497 e. The van der Waals surface area contributed by atoms with Gasteiger partial charge in [-0.25, -0.2) is 0 Å². The van der Waals surface area contributed by atoms with Gasteiger partial charge in [0.15, 0.2) is 0 Å². The lowest BCUT2D eigenvalue weighted by atomic mass is 10.1. The van der Waals surface area contributed by atoms with E-state index in [9.17, 15) is 9.59 Å². The molecule has 2 aromatic rings. The van der Waals surface area contributed by atoms with Crippen LogP contribution in [0.2, 0.25) is 5.02 Å².